The highest BCUT2D eigenvalue weighted by atomic mass is 19.1. The van der Waals surface area contributed by atoms with E-state index in [-0.39, 0.29) is 11.4 Å². The Kier molecular flexibility index (Phi) is 5.72. The van der Waals surface area contributed by atoms with Crippen LogP contribution < -0.4 is 10.2 Å². The van der Waals surface area contributed by atoms with Crippen molar-refractivity contribution in [1.82, 2.24) is 4.90 Å². The largest absolute Gasteiger partial charge is 0.373 e. The highest BCUT2D eigenvalue weighted by Gasteiger charge is 2.19. The summed E-state index contributed by atoms with van der Waals surface area (Å²) in [6, 6.07) is 16.1. The molecule has 0 atom stereocenters. The first-order chi connectivity index (χ1) is 13.1. The number of nitrogens with one attached hydrogen (secondary N) is 1. The fraction of sp³-hybridized carbons (Fsp3) is 0.238. The number of anilines is 2. The number of carbonyl (C=O) groups excluding carboxylic acids is 1. The highest BCUT2D eigenvalue weighted by molar-refractivity contribution is 6.06. The number of benzene rings is 2. The number of carbonyl (C=O) groups is 1. The summed E-state index contributed by atoms with van der Waals surface area (Å²) in [5.41, 5.74) is 2.26. The van der Waals surface area contributed by atoms with Gasteiger partial charge in [0.1, 0.15) is 17.5 Å². The van der Waals surface area contributed by atoms with E-state index in [1.807, 2.05) is 47.1 Å². The van der Waals surface area contributed by atoms with Crippen molar-refractivity contribution >= 4 is 17.3 Å². The molecule has 138 valence electrons. The molecule has 1 heterocycles. The Morgan fingerprint density at radius 3 is 2.44 bits per heavy atom. The minimum absolute atomic E-state index is 0.0533. The van der Waals surface area contributed by atoms with Gasteiger partial charge in [-0.15, -0.1) is 0 Å². The molecule has 0 unspecified atom stereocenters. The van der Waals surface area contributed by atoms with Gasteiger partial charge >= 0.3 is 0 Å². The first kappa shape index (κ1) is 18.5. The van der Waals surface area contributed by atoms with E-state index in [2.05, 4.69) is 5.32 Å². The summed E-state index contributed by atoms with van der Waals surface area (Å²) in [4.78, 5) is 16.3. The fourth-order valence-electron chi connectivity index (χ4n) is 3.02. The standard InChI is InChI=1S/C21H21FN4O/c1-16-6-2-4-8-19(16)24-21(27)17(14-23)15-25-10-12-26(13-11-25)20-9-5-3-7-18(20)22/h2-9,15H,10-13H2,1H3,(H,24,27)/b17-15-. The van der Waals surface area contributed by atoms with E-state index >= 15 is 0 Å². The summed E-state index contributed by atoms with van der Waals surface area (Å²) in [5, 5.41) is 12.2. The van der Waals surface area contributed by atoms with Gasteiger partial charge in [-0.05, 0) is 30.7 Å². The third-order valence-corrected chi connectivity index (χ3v) is 4.58. The topological polar surface area (TPSA) is 59.4 Å². The normalized spacial score (nSPS) is 14.6. The average molecular weight is 364 g/mol. The second-order valence-corrected chi connectivity index (χ2v) is 6.40. The number of halogens is 1. The number of piperazine rings is 1. The molecule has 1 amide bonds. The van der Waals surface area contributed by atoms with Crippen LogP contribution in [0.15, 0.2) is 60.3 Å². The van der Waals surface area contributed by atoms with Crippen molar-refractivity contribution in [3.8, 4) is 6.07 Å². The lowest BCUT2D eigenvalue weighted by atomic mass is 10.2. The Bertz CT molecular complexity index is 895. The maximum absolute atomic E-state index is 13.9. The highest BCUT2D eigenvalue weighted by Crippen LogP contribution is 2.20. The molecule has 1 fully saturated rings. The van der Waals surface area contributed by atoms with Crippen LogP contribution in [0.3, 0.4) is 0 Å². The van der Waals surface area contributed by atoms with Crippen molar-refractivity contribution in [2.24, 2.45) is 0 Å². The molecule has 5 nitrogen and oxygen atoms in total. The van der Waals surface area contributed by atoms with Gasteiger partial charge in [0.15, 0.2) is 0 Å². The Morgan fingerprint density at radius 1 is 1.11 bits per heavy atom. The third-order valence-electron chi connectivity index (χ3n) is 4.58. The van der Waals surface area contributed by atoms with Crippen LogP contribution in [0.25, 0.3) is 0 Å². The monoisotopic (exact) mass is 364 g/mol. The van der Waals surface area contributed by atoms with Crippen molar-refractivity contribution in [3.63, 3.8) is 0 Å². The molecule has 1 aliphatic heterocycles. The fourth-order valence-corrected chi connectivity index (χ4v) is 3.02. The molecule has 2 aromatic rings. The van der Waals surface area contributed by atoms with Crippen molar-refractivity contribution in [1.29, 1.82) is 5.26 Å². The number of aryl methyl sites for hydroxylation is 1. The summed E-state index contributed by atoms with van der Waals surface area (Å²) in [6.07, 6.45) is 1.59. The predicted octanol–water partition coefficient (Wildman–Crippen LogP) is 3.30. The molecule has 0 spiro atoms. The summed E-state index contributed by atoms with van der Waals surface area (Å²) in [5.74, 6) is -0.667. The van der Waals surface area contributed by atoms with Gasteiger partial charge in [0.2, 0.25) is 0 Å². The molecule has 1 aliphatic rings. The van der Waals surface area contributed by atoms with E-state index in [4.69, 9.17) is 0 Å². The number of amides is 1. The summed E-state index contributed by atoms with van der Waals surface area (Å²) < 4.78 is 13.9. The number of nitriles is 1. The van der Waals surface area contributed by atoms with Crippen LogP contribution in [-0.2, 0) is 4.79 Å². The lowest BCUT2D eigenvalue weighted by Gasteiger charge is -2.35. The van der Waals surface area contributed by atoms with Crippen molar-refractivity contribution in [2.75, 3.05) is 36.4 Å². The van der Waals surface area contributed by atoms with Crippen molar-refractivity contribution < 1.29 is 9.18 Å². The zero-order valence-electron chi connectivity index (χ0n) is 15.2. The maximum atomic E-state index is 13.9. The van der Waals surface area contributed by atoms with Crippen LogP contribution in [-0.4, -0.2) is 37.0 Å². The maximum Gasteiger partial charge on any atom is 0.267 e. The summed E-state index contributed by atoms with van der Waals surface area (Å²) >= 11 is 0. The average Bonchev–Trinajstić information content (AvgIpc) is 2.69. The first-order valence-corrected chi connectivity index (χ1v) is 8.81. The smallest absolute Gasteiger partial charge is 0.267 e. The minimum Gasteiger partial charge on any atom is -0.373 e. The lowest BCUT2D eigenvalue weighted by Crippen LogP contribution is -2.44. The molecular formula is C21H21FN4O. The van der Waals surface area contributed by atoms with E-state index in [0.717, 1.165) is 5.56 Å². The van der Waals surface area contributed by atoms with Gasteiger partial charge in [-0.1, -0.05) is 30.3 Å². The van der Waals surface area contributed by atoms with Crippen molar-refractivity contribution in [3.05, 3.63) is 71.7 Å². The Balaban J connectivity index is 1.64. The zero-order valence-corrected chi connectivity index (χ0v) is 15.2. The molecule has 27 heavy (non-hydrogen) atoms. The summed E-state index contributed by atoms with van der Waals surface area (Å²) in [6.45, 7) is 4.35. The summed E-state index contributed by atoms with van der Waals surface area (Å²) in [7, 11) is 0. The SMILES string of the molecule is Cc1ccccc1NC(=O)/C(C#N)=C\N1CCN(c2ccccc2F)CC1. The van der Waals surface area contributed by atoms with Gasteiger partial charge in [0.25, 0.3) is 5.91 Å². The quantitative estimate of drug-likeness (QED) is 0.668. The van der Waals surface area contributed by atoms with Gasteiger partial charge in [0, 0.05) is 38.1 Å². The van der Waals surface area contributed by atoms with Gasteiger partial charge in [-0.3, -0.25) is 4.79 Å². The van der Waals surface area contributed by atoms with Crippen LogP contribution in [0.1, 0.15) is 5.56 Å². The Labute approximate surface area is 158 Å². The Morgan fingerprint density at radius 2 is 1.78 bits per heavy atom. The second-order valence-electron chi connectivity index (χ2n) is 6.40. The van der Waals surface area contributed by atoms with Crippen LogP contribution >= 0.6 is 0 Å². The number of nitrogens with zero attached hydrogens (tertiary/aromatic N) is 3. The molecular weight excluding hydrogens is 343 g/mol. The second kappa shape index (κ2) is 8.37. The van der Waals surface area contributed by atoms with E-state index in [1.165, 1.54) is 6.07 Å². The van der Waals surface area contributed by atoms with Gasteiger partial charge in [-0.25, -0.2) is 4.39 Å². The molecule has 0 bridgehead atoms. The van der Waals surface area contributed by atoms with Gasteiger partial charge in [0.05, 0.1) is 5.69 Å². The minimum atomic E-state index is -0.427. The van der Waals surface area contributed by atoms with E-state index < -0.39 is 5.91 Å². The van der Waals surface area contributed by atoms with Crippen LogP contribution in [0.2, 0.25) is 0 Å². The number of para-hydroxylation sites is 2. The first-order valence-electron chi connectivity index (χ1n) is 8.81. The van der Waals surface area contributed by atoms with Crippen molar-refractivity contribution in [2.45, 2.75) is 6.92 Å². The van der Waals surface area contributed by atoms with E-state index in [0.29, 0.717) is 37.6 Å². The Hall–Kier alpha value is -3.33. The van der Waals surface area contributed by atoms with Crippen LogP contribution in [0, 0.1) is 24.1 Å². The zero-order chi connectivity index (χ0) is 19.2. The molecule has 1 N–H and O–H groups in total. The van der Waals surface area contributed by atoms with Crippen LogP contribution in [0.5, 0.6) is 0 Å². The molecule has 0 aliphatic carbocycles. The molecule has 0 saturated carbocycles. The molecule has 6 heteroatoms. The third kappa shape index (κ3) is 4.45. The van der Waals surface area contributed by atoms with E-state index in [9.17, 15) is 14.4 Å². The molecule has 0 radical (unpaired) electrons. The number of hydrogen-bond donors (Lipinski definition) is 1. The lowest BCUT2D eigenvalue weighted by molar-refractivity contribution is -0.112. The van der Waals surface area contributed by atoms with Gasteiger partial charge < -0.3 is 15.1 Å². The molecule has 0 aromatic heterocycles. The van der Waals surface area contributed by atoms with Gasteiger partial charge in [-0.2, -0.15) is 5.26 Å². The van der Waals surface area contributed by atoms with E-state index in [1.54, 1.807) is 24.4 Å². The molecule has 1 saturated heterocycles. The molecule has 2 aromatic carbocycles. The van der Waals surface area contributed by atoms with Crippen LogP contribution in [0.4, 0.5) is 15.8 Å². The predicted molar refractivity (Wildman–Crippen MR) is 104 cm³/mol. The number of rotatable bonds is 4. The molecule has 3 rings (SSSR count). The number of hydrogen-bond acceptors (Lipinski definition) is 4.